The Morgan fingerprint density at radius 1 is 0.812 bits per heavy atom. The lowest BCUT2D eigenvalue weighted by atomic mass is 10.2. The number of nitrogens with one attached hydrogen (secondary N) is 1. The van der Waals surface area contributed by atoms with E-state index in [0.717, 1.165) is 0 Å². The highest BCUT2D eigenvalue weighted by molar-refractivity contribution is 7.56. The van der Waals surface area contributed by atoms with Crippen molar-refractivity contribution in [2.45, 2.75) is 45.2 Å². The molecule has 2 N–H and O–H groups in total. The van der Waals surface area contributed by atoms with Crippen molar-refractivity contribution in [1.29, 1.82) is 0 Å². The Kier molecular flexibility index (Phi) is 16.4. The average molecular weight is 750 g/mol. The second-order valence-electron chi connectivity index (χ2n) is 12.5. The number of hydrogen-bond acceptors (Lipinski definition) is 12. The molecule has 3 rings (SSSR count). The molecule has 0 aromatic carbocycles. The summed E-state index contributed by atoms with van der Waals surface area (Å²) in [5.41, 5.74) is 0. The van der Waals surface area contributed by atoms with Gasteiger partial charge in [0.1, 0.15) is 6.61 Å². The minimum Gasteiger partial charge on any atom is -0.447 e. The van der Waals surface area contributed by atoms with Crippen LogP contribution in [0.3, 0.4) is 0 Å². The van der Waals surface area contributed by atoms with Crippen molar-refractivity contribution in [2.75, 3.05) is 127 Å². The first-order valence-electron chi connectivity index (χ1n) is 16.4. The molecule has 48 heavy (non-hydrogen) atoms. The van der Waals surface area contributed by atoms with E-state index in [0.29, 0.717) is 52.4 Å². The lowest BCUT2D eigenvalue weighted by molar-refractivity contribution is -0.0864. The number of carbonyl (C=O) groups is 1. The molecule has 3 fully saturated rings. The minimum atomic E-state index is -3.58. The van der Waals surface area contributed by atoms with Gasteiger partial charge in [0.15, 0.2) is 0 Å². The van der Waals surface area contributed by atoms with Gasteiger partial charge in [-0.15, -0.1) is 0 Å². The van der Waals surface area contributed by atoms with Crippen LogP contribution < -0.4 is 5.32 Å². The Balaban J connectivity index is 1.65. The van der Waals surface area contributed by atoms with Crippen molar-refractivity contribution < 1.29 is 51.4 Å². The molecule has 0 spiro atoms. The van der Waals surface area contributed by atoms with E-state index < -0.39 is 41.2 Å². The fourth-order valence-corrected chi connectivity index (χ4v) is 12.1. The van der Waals surface area contributed by atoms with Crippen molar-refractivity contribution in [3.63, 3.8) is 0 Å². The highest BCUT2D eigenvalue weighted by Crippen LogP contribution is 2.56. The van der Waals surface area contributed by atoms with Gasteiger partial charge in [0.05, 0.1) is 57.1 Å². The highest BCUT2D eigenvalue weighted by Gasteiger charge is 2.45. The number of aliphatic hydroxyl groups is 1. The average Bonchev–Trinajstić information content (AvgIpc) is 3.04. The summed E-state index contributed by atoms with van der Waals surface area (Å²) < 4.78 is 86.0. The zero-order chi connectivity index (χ0) is 35.7. The molecule has 21 heteroatoms. The molecule has 1 amide bonds. The van der Waals surface area contributed by atoms with Gasteiger partial charge in [-0.1, -0.05) is 0 Å². The molecule has 0 aliphatic carbocycles. The van der Waals surface area contributed by atoms with E-state index in [1.165, 1.54) is 4.90 Å². The number of morpholine rings is 2. The molecule has 18 nitrogen and oxygen atoms in total. The molecule has 3 aliphatic rings. The molecule has 0 aromatic heterocycles. The molecule has 0 aromatic rings. The van der Waals surface area contributed by atoms with Crippen LogP contribution in [0.5, 0.6) is 0 Å². The molecule has 7 atom stereocenters. The molecule has 3 aliphatic heterocycles. The van der Waals surface area contributed by atoms with Crippen LogP contribution in [0.2, 0.25) is 0 Å². The smallest absolute Gasteiger partial charge is 0.409 e. The number of rotatable bonds is 17. The first kappa shape index (κ1) is 41.9. The first-order chi connectivity index (χ1) is 22.6. The van der Waals surface area contributed by atoms with Gasteiger partial charge in [0.2, 0.25) is 0 Å². The van der Waals surface area contributed by atoms with E-state index in [1.54, 1.807) is 53.9 Å². The Bertz CT molecular complexity index is 1150. The lowest BCUT2D eigenvalue weighted by Gasteiger charge is -2.44. The van der Waals surface area contributed by atoms with Gasteiger partial charge in [-0.3, -0.25) is 13.7 Å². The molecular formula is C27H58N7O11P3. The fourth-order valence-electron chi connectivity index (χ4n) is 5.93. The molecular weight excluding hydrogens is 691 g/mol. The van der Waals surface area contributed by atoms with Gasteiger partial charge in [-0.25, -0.2) is 28.1 Å². The van der Waals surface area contributed by atoms with E-state index in [2.05, 4.69) is 5.32 Å². The van der Waals surface area contributed by atoms with Crippen molar-refractivity contribution in [2.24, 2.45) is 0 Å². The minimum absolute atomic E-state index is 0.00420. The van der Waals surface area contributed by atoms with Crippen molar-refractivity contribution in [1.82, 2.24) is 33.6 Å². The topological polar surface area (TPSA) is 175 Å². The summed E-state index contributed by atoms with van der Waals surface area (Å²) in [4.78, 5) is 13.7. The predicted octanol–water partition coefficient (Wildman–Crippen LogP) is 1.69. The largest absolute Gasteiger partial charge is 0.447 e. The van der Waals surface area contributed by atoms with Gasteiger partial charge in [0.25, 0.3) is 7.52 Å². The zero-order valence-corrected chi connectivity index (χ0v) is 32.4. The van der Waals surface area contributed by atoms with Crippen molar-refractivity contribution >= 4 is 29.0 Å². The molecule has 0 radical (unpaired) electrons. The summed E-state index contributed by atoms with van der Waals surface area (Å²) in [6.07, 6.45) is -1.94. The number of hydrogen-bond donors (Lipinski definition) is 2. The number of piperazine rings is 1. The quantitative estimate of drug-likeness (QED) is 0.205. The van der Waals surface area contributed by atoms with Crippen LogP contribution in [0.1, 0.15) is 20.8 Å². The maximum atomic E-state index is 14.5. The zero-order valence-electron chi connectivity index (χ0n) is 29.8. The Labute approximate surface area is 285 Å². The summed E-state index contributed by atoms with van der Waals surface area (Å²) in [6.45, 7) is 7.98. The number of carbonyl (C=O) groups excluding carboxylic acids is 1. The van der Waals surface area contributed by atoms with E-state index in [1.807, 2.05) is 25.4 Å². The van der Waals surface area contributed by atoms with Crippen LogP contribution in [-0.2, 0) is 41.5 Å². The van der Waals surface area contributed by atoms with Crippen molar-refractivity contribution in [3.8, 4) is 0 Å². The highest BCUT2D eigenvalue weighted by atomic mass is 31.2. The molecule has 3 saturated heterocycles. The normalized spacial score (nSPS) is 29.0. The third-order valence-electron chi connectivity index (χ3n) is 8.15. The lowest BCUT2D eigenvalue weighted by Crippen LogP contribution is -2.51. The number of ether oxygens (including phenoxy) is 3. The maximum absolute atomic E-state index is 14.5. The SMILES string of the molecule is CCOP(=O)(CNC)N1CC(C)OC(COP(=O)(N(C)C)N2CC(C)OC(COP(=O)(N(C)C)N3CCN(C(=O)OCCO)CC3)C2)C1. The van der Waals surface area contributed by atoms with E-state index in [4.69, 9.17) is 32.9 Å². The van der Waals surface area contributed by atoms with E-state index in [9.17, 15) is 18.5 Å². The fraction of sp³-hybridized carbons (Fsp3) is 0.963. The third-order valence-corrected chi connectivity index (χ3v) is 15.9. The Morgan fingerprint density at radius 3 is 1.79 bits per heavy atom. The standard InChI is InChI=1S/C27H58N7O11P3/c1-9-41-46(37,22-28-4)33-16-23(2)44-25(18-33)20-43-48(39,30(7)8)34-17-24(3)45-26(19-34)21-42-47(38,29(5)6)32-12-10-31(11-13-32)27(36)40-15-14-35/h23-26,28,35H,9-22H2,1-8H3. The van der Waals surface area contributed by atoms with E-state index >= 15 is 0 Å². The predicted molar refractivity (Wildman–Crippen MR) is 181 cm³/mol. The van der Waals surface area contributed by atoms with Crippen LogP contribution in [0.25, 0.3) is 0 Å². The van der Waals surface area contributed by atoms with Gasteiger partial charge >= 0.3 is 21.4 Å². The van der Waals surface area contributed by atoms with Crippen molar-refractivity contribution in [3.05, 3.63) is 0 Å². The Morgan fingerprint density at radius 2 is 1.31 bits per heavy atom. The van der Waals surface area contributed by atoms with Crippen LogP contribution >= 0.6 is 22.9 Å². The summed E-state index contributed by atoms with van der Waals surface area (Å²) in [5.74, 6) is 0. The van der Waals surface area contributed by atoms with Crippen LogP contribution in [-0.4, -0.2) is 191 Å². The second-order valence-corrected chi connectivity index (χ2v) is 20.1. The summed E-state index contributed by atoms with van der Waals surface area (Å²) in [7, 11) is -1.76. The monoisotopic (exact) mass is 749 g/mol. The molecule has 7 unspecified atom stereocenters. The summed E-state index contributed by atoms with van der Waals surface area (Å²) >= 11 is 0. The number of aliphatic hydroxyl groups excluding tert-OH is 1. The molecule has 0 bridgehead atoms. The molecule has 282 valence electrons. The third kappa shape index (κ3) is 10.8. The summed E-state index contributed by atoms with van der Waals surface area (Å²) in [5, 5.41) is 11.9. The van der Waals surface area contributed by atoms with Crippen LogP contribution in [0.15, 0.2) is 0 Å². The Hall–Kier alpha value is -0.520. The van der Waals surface area contributed by atoms with Gasteiger partial charge < -0.3 is 43.1 Å². The van der Waals surface area contributed by atoms with Gasteiger partial charge in [0, 0.05) is 52.4 Å². The summed E-state index contributed by atoms with van der Waals surface area (Å²) in [6, 6.07) is 0. The molecule has 3 heterocycles. The molecule has 0 saturated carbocycles. The second kappa shape index (κ2) is 18.8. The maximum Gasteiger partial charge on any atom is 0.409 e. The van der Waals surface area contributed by atoms with E-state index in [-0.39, 0.29) is 51.5 Å². The van der Waals surface area contributed by atoms with Gasteiger partial charge in [-0.2, -0.15) is 0 Å². The van der Waals surface area contributed by atoms with Gasteiger partial charge in [-0.05, 0) is 56.0 Å². The van der Waals surface area contributed by atoms with Crippen LogP contribution in [0, 0.1) is 0 Å². The number of amides is 1. The van der Waals surface area contributed by atoms with Crippen LogP contribution in [0.4, 0.5) is 4.79 Å². The number of nitrogens with zero attached hydrogens (tertiary/aromatic N) is 6. The first-order valence-corrected chi connectivity index (χ1v) is 21.3.